The van der Waals surface area contributed by atoms with Gasteiger partial charge in [-0.25, -0.2) is 0 Å². The second kappa shape index (κ2) is 12.5. The molecule has 0 heterocycles. The van der Waals surface area contributed by atoms with Gasteiger partial charge in [-0.2, -0.15) is 0 Å². The Labute approximate surface area is 172 Å². The molecule has 26 heavy (non-hydrogen) atoms. The van der Waals surface area contributed by atoms with Crippen LogP contribution in [-0.4, -0.2) is 20.6 Å². The lowest BCUT2D eigenvalue weighted by molar-refractivity contribution is -0.00000543. The van der Waals surface area contributed by atoms with Crippen LogP contribution in [0.5, 0.6) is 0 Å². The molecule has 0 bridgehead atoms. The number of fused-ring (bicyclic) bond motifs is 1. The maximum absolute atomic E-state index is 2.36. The Bertz CT molecular complexity index is 615. The maximum atomic E-state index is 2.36. The summed E-state index contributed by atoms with van der Waals surface area (Å²) in [5.74, 6) is 0. The third-order valence-electron chi connectivity index (χ3n) is 5.49. The molecule has 146 valence electrons. The van der Waals surface area contributed by atoms with Crippen molar-refractivity contribution in [2.75, 3.05) is 20.6 Å². The van der Waals surface area contributed by atoms with E-state index in [9.17, 15) is 0 Å². The molecule has 2 heteroatoms. The second-order valence-corrected chi connectivity index (χ2v) is 8.09. The van der Waals surface area contributed by atoms with Crippen molar-refractivity contribution < 1.29 is 17.0 Å². The largest absolute Gasteiger partial charge is 1.00 e. The van der Waals surface area contributed by atoms with Gasteiger partial charge in [0.2, 0.25) is 0 Å². The molecule has 0 fully saturated rings. The Morgan fingerprint density at radius 3 is 1.85 bits per heavy atom. The molecule has 2 aromatic carbocycles. The second-order valence-electron chi connectivity index (χ2n) is 8.09. The van der Waals surface area contributed by atoms with E-state index in [2.05, 4.69) is 63.5 Å². The summed E-state index contributed by atoms with van der Waals surface area (Å²) in [6, 6.07) is 15.5. The van der Waals surface area contributed by atoms with E-state index in [0.717, 1.165) is 4.48 Å². The zero-order chi connectivity index (χ0) is 18.0. The highest BCUT2D eigenvalue weighted by molar-refractivity contribution is 5.93. The Balaban J connectivity index is 0.00000338. The zero-order valence-electron chi connectivity index (χ0n) is 17.1. The minimum Gasteiger partial charge on any atom is -1.00 e. The van der Waals surface area contributed by atoms with Gasteiger partial charge in [0.15, 0.2) is 0 Å². The molecule has 1 nitrogen and oxygen atoms in total. The highest BCUT2D eigenvalue weighted by Crippen LogP contribution is 2.29. The summed E-state index contributed by atoms with van der Waals surface area (Å²) < 4.78 is 0.984. The molecule has 2 rings (SSSR count). The van der Waals surface area contributed by atoms with Crippen LogP contribution >= 0.6 is 0 Å². The fourth-order valence-electron chi connectivity index (χ4n) is 3.85. The Morgan fingerprint density at radius 1 is 0.654 bits per heavy atom. The van der Waals surface area contributed by atoms with E-state index in [1.807, 2.05) is 0 Å². The first kappa shape index (κ1) is 23.2. The number of quaternary nitrogens is 1. The summed E-state index contributed by atoms with van der Waals surface area (Å²) in [6.45, 7) is 3.52. The van der Waals surface area contributed by atoms with Crippen LogP contribution in [0.4, 0.5) is 5.69 Å². The van der Waals surface area contributed by atoms with Crippen LogP contribution in [0.1, 0.15) is 71.1 Å². The first-order valence-corrected chi connectivity index (χ1v) is 10.5. The average Bonchev–Trinajstić information content (AvgIpc) is 2.62. The molecule has 0 aliphatic rings. The molecule has 2 aromatic rings. The van der Waals surface area contributed by atoms with Crippen LogP contribution in [0, 0.1) is 0 Å². The van der Waals surface area contributed by atoms with E-state index in [1.165, 1.54) is 87.2 Å². The summed E-state index contributed by atoms with van der Waals surface area (Å²) in [4.78, 5) is 0. The van der Waals surface area contributed by atoms with Crippen molar-refractivity contribution in [1.82, 2.24) is 4.48 Å². The van der Waals surface area contributed by atoms with Crippen LogP contribution in [0.3, 0.4) is 0 Å². The third-order valence-corrected chi connectivity index (χ3v) is 5.49. The van der Waals surface area contributed by atoms with Gasteiger partial charge in [0, 0.05) is 5.39 Å². The Kier molecular flexibility index (Phi) is 11.2. The first-order valence-electron chi connectivity index (χ1n) is 10.5. The molecular formula is C24H38BrN. The van der Waals surface area contributed by atoms with Gasteiger partial charge in [0.25, 0.3) is 0 Å². The SMILES string of the molecule is CCCCCCCCCCCC[N+](C)(C)c1cccc2ccccc12.[Br-]. The monoisotopic (exact) mass is 419 g/mol. The number of rotatable bonds is 12. The summed E-state index contributed by atoms with van der Waals surface area (Å²) in [5, 5.41) is 2.76. The summed E-state index contributed by atoms with van der Waals surface area (Å²) in [5.41, 5.74) is 1.45. The van der Waals surface area contributed by atoms with Crippen LogP contribution in [0.15, 0.2) is 42.5 Å². The minimum absolute atomic E-state index is 0. The number of halogens is 1. The van der Waals surface area contributed by atoms with Gasteiger partial charge in [-0.05, 0) is 30.4 Å². The molecule has 0 spiro atoms. The highest BCUT2D eigenvalue weighted by atomic mass is 79.9. The van der Waals surface area contributed by atoms with Gasteiger partial charge in [0.05, 0.1) is 20.6 Å². The third kappa shape index (κ3) is 7.40. The van der Waals surface area contributed by atoms with Gasteiger partial charge >= 0.3 is 0 Å². The molecule has 0 aliphatic heterocycles. The quantitative estimate of drug-likeness (QED) is 0.354. The van der Waals surface area contributed by atoms with Gasteiger partial charge < -0.3 is 17.0 Å². The van der Waals surface area contributed by atoms with E-state index < -0.39 is 0 Å². The van der Waals surface area contributed by atoms with Crippen LogP contribution < -0.4 is 21.5 Å². The highest BCUT2D eigenvalue weighted by Gasteiger charge is 2.20. The number of unbranched alkanes of at least 4 members (excludes halogenated alkanes) is 9. The lowest BCUT2D eigenvalue weighted by Crippen LogP contribution is -3.00. The molecule has 0 atom stereocenters. The van der Waals surface area contributed by atoms with E-state index in [-0.39, 0.29) is 17.0 Å². The molecule has 0 unspecified atom stereocenters. The van der Waals surface area contributed by atoms with Crippen LogP contribution in [0.25, 0.3) is 10.8 Å². The van der Waals surface area contributed by atoms with E-state index in [4.69, 9.17) is 0 Å². The molecular weight excluding hydrogens is 382 g/mol. The number of nitrogens with zero attached hydrogens (tertiary/aromatic N) is 1. The topological polar surface area (TPSA) is 0 Å². The first-order chi connectivity index (χ1) is 12.1. The lowest BCUT2D eigenvalue weighted by Gasteiger charge is -2.30. The average molecular weight is 420 g/mol. The van der Waals surface area contributed by atoms with Gasteiger partial charge in [0.1, 0.15) is 5.69 Å². The molecule has 0 saturated carbocycles. The molecule has 0 amide bonds. The standard InChI is InChI=1S/C24H38N.BrH/c1-4-5-6-7-8-9-10-11-12-15-21-25(2,3)24-20-16-18-22-17-13-14-19-23(22)24;/h13-14,16-20H,4-12,15,21H2,1-3H3;1H/q+1;/p-1. The molecule has 0 aromatic heterocycles. The van der Waals surface area contributed by atoms with Gasteiger partial charge in [-0.3, -0.25) is 4.48 Å². The molecule has 0 radical (unpaired) electrons. The van der Waals surface area contributed by atoms with Crippen molar-refractivity contribution in [2.24, 2.45) is 0 Å². The number of benzene rings is 2. The van der Waals surface area contributed by atoms with E-state index >= 15 is 0 Å². The molecule has 0 saturated heterocycles. The van der Waals surface area contributed by atoms with Crippen LogP contribution in [0.2, 0.25) is 0 Å². The molecule has 0 N–H and O–H groups in total. The fourth-order valence-corrected chi connectivity index (χ4v) is 3.85. The number of hydrogen-bond acceptors (Lipinski definition) is 0. The van der Waals surface area contributed by atoms with Crippen molar-refractivity contribution in [3.63, 3.8) is 0 Å². The van der Waals surface area contributed by atoms with Crippen molar-refractivity contribution in [3.05, 3.63) is 42.5 Å². The normalized spacial score (nSPS) is 11.5. The predicted octanol–water partition coefficient (Wildman–Crippen LogP) is 4.33. The molecule has 0 aliphatic carbocycles. The smallest absolute Gasteiger partial charge is 0.140 e. The van der Waals surface area contributed by atoms with Gasteiger partial charge in [-0.1, -0.05) is 88.6 Å². The Morgan fingerprint density at radius 2 is 1.19 bits per heavy atom. The van der Waals surface area contributed by atoms with Gasteiger partial charge in [-0.15, -0.1) is 0 Å². The summed E-state index contributed by atoms with van der Waals surface area (Å²) in [7, 11) is 4.71. The van der Waals surface area contributed by atoms with Crippen molar-refractivity contribution in [3.8, 4) is 0 Å². The summed E-state index contributed by atoms with van der Waals surface area (Å²) in [6.07, 6.45) is 14.1. The van der Waals surface area contributed by atoms with Crippen LogP contribution in [-0.2, 0) is 0 Å². The summed E-state index contributed by atoms with van der Waals surface area (Å²) >= 11 is 0. The number of hydrogen-bond donors (Lipinski definition) is 0. The van der Waals surface area contributed by atoms with E-state index in [0.29, 0.717) is 0 Å². The van der Waals surface area contributed by atoms with Crippen molar-refractivity contribution in [2.45, 2.75) is 71.1 Å². The Hall–Kier alpha value is -0.860. The lowest BCUT2D eigenvalue weighted by atomic mass is 10.0. The predicted molar refractivity (Wildman–Crippen MR) is 114 cm³/mol. The maximum Gasteiger partial charge on any atom is 0.140 e. The van der Waals surface area contributed by atoms with E-state index in [1.54, 1.807) is 0 Å². The fraction of sp³-hybridized carbons (Fsp3) is 0.583. The van der Waals surface area contributed by atoms with Crippen molar-refractivity contribution in [1.29, 1.82) is 0 Å². The minimum atomic E-state index is 0. The zero-order valence-corrected chi connectivity index (χ0v) is 18.7. The van der Waals surface area contributed by atoms with Crippen molar-refractivity contribution >= 4 is 16.5 Å².